The number of halogens is 1. The Kier molecular flexibility index (Phi) is 6.44. The van der Waals surface area contributed by atoms with Gasteiger partial charge in [0.1, 0.15) is 6.61 Å². The van der Waals surface area contributed by atoms with Crippen molar-refractivity contribution in [3.8, 4) is 23.0 Å². The van der Waals surface area contributed by atoms with Crippen LogP contribution in [0.25, 0.3) is 11.1 Å². The molecule has 1 amide bonds. The Bertz CT molecular complexity index is 1200. The molecule has 160 valence electrons. The second kappa shape index (κ2) is 9.59. The molecule has 1 aliphatic carbocycles. The van der Waals surface area contributed by atoms with E-state index in [0.29, 0.717) is 18.5 Å². The van der Waals surface area contributed by atoms with Crippen LogP contribution in [0.1, 0.15) is 39.4 Å². The molecule has 0 spiro atoms. The van der Waals surface area contributed by atoms with Gasteiger partial charge in [0, 0.05) is 24.4 Å². The van der Waals surface area contributed by atoms with E-state index in [4.69, 9.17) is 21.4 Å². The van der Waals surface area contributed by atoms with Crippen molar-refractivity contribution in [3.05, 3.63) is 94.0 Å². The van der Waals surface area contributed by atoms with Gasteiger partial charge in [-0.2, -0.15) is 0 Å². The Morgan fingerprint density at radius 2 is 1.66 bits per heavy atom. The number of nitrogens with one attached hydrogen (secondary N) is 1. The zero-order valence-electron chi connectivity index (χ0n) is 17.1. The maximum Gasteiger partial charge on any atom is 0.407 e. The topological polar surface area (TPSA) is 75.6 Å². The Balaban J connectivity index is 1.28. The molecule has 0 bridgehead atoms. The number of ether oxygens (including phenoxy) is 1. The Morgan fingerprint density at radius 3 is 2.28 bits per heavy atom. The maximum atomic E-state index is 12.2. The van der Waals surface area contributed by atoms with E-state index >= 15 is 0 Å². The molecule has 0 radical (unpaired) electrons. The van der Waals surface area contributed by atoms with Gasteiger partial charge in [-0.05, 0) is 40.5 Å². The van der Waals surface area contributed by atoms with Gasteiger partial charge in [-0.1, -0.05) is 72.0 Å². The summed E-state index contributed by atoms with van der Waals surface area (Å²) in [6, 6.07) is 20.7. The Labute approximate surface area is 191 Å². The molecule has 0 saturated heterocycles. The third kappa shape index (κ3) is 4.61. The van der Waals surface area contributed by atoms with Crippen LogP contribution in [-0.4, -0.2) is 30.3 Å². The average Bonchev–Trinajstić information content (AvgIpc) is 3.12. The van der Waals surface area contributed by atoms with Crippen molar-refractivity contribution in [1.82, 2.24) is 5.32 Å². The number of carbonyl (C=O) groups excluding carboxylic acids is 1. The zero-order chi connectivity index (χ0) is 22.5. The molecule has 3 aromatic rings. The highest BCUT2D eigenvalue weighted by Crippen LogP contribution is 2.44. The lowest BCUT2D eigenvalue weighted by Gasteiger charge is -2.14. The molecule has 32 heavy (non-hydrogen) atoms. The number of carboxylic acid groups (broad SMARTS) is 1. The summed E-state index contributed by atoms with van der Waals surface area (Å²) < 4.78 is 5.48. The second-order valence-electron chi connectivity index (χ2n) is 7.30. The Hall–Kier alpha value is -3.75. The van der Waals surface area contributed by atoms with Crippen LogP contribution < -0.4 is 5.32 Å². The van der Waals surface area contributed by atoms with Crippen molar-refractivity contribution >= 4 is 23.7 Å². The van der Waals surface area contributed by atoms with Crippen LogP contribution in [0, 0.1) is 11.8 Å². The molecular weight excluding hydrogens is 426 g/mol. The van der Waals surface area contributed by atoms with Crippen LogP contribution in [0.3, 0.4) is 0 Å². The van der Waals surface area contributed by atoms with Gasteiger partial charge in [0.2, 0.25) is 0 Å². The number of hydrogen-bond acceptors (Lipinski definition) is 3. The van der Waals surface area contributed by atoms with Crippen molar-refractivity contribution in [3.63, 3.8) is 0 Å². The molecule has 1 aliphatic rings. The fourth-order valence-corrected chi connectivity index (χ4v) is 4.01. The molecular formula is C26H20ClNO4. The van der Waals surface area contributed by atoms with Crippen LogP contribution in [0.2, 0.25) is 5.02 Å². The van der Waals surface area contributed by atoms with Gasteiger partial charge in [0.25, 0.3) is 0 Å². The van der Waals surface area contributed by atoms with E-state index in [0.717, 1.165) is 11.1 Å². The molecule has 6 heteroatoms. The summed E-state index contributed by atoms with van der Waals surface area (Å²) in [7, 11) is 0. The number of aromatic carboxylic acids is 1. The largest absolute Gasteiger partial charge is 0.478 e. The summed E-state index contributed by atoms with van der Waals surface area (Å²) >= 11 is 6.06. The molecule has 0 unspecified atom stereocenters. The third-order valence-electron chi connectivity index (χ3n) is 5.30. The monoisotopic (exact) mass is 445 g/mol. The number of benzene rings is 3. The van der Waals surface area contributed by atoms with Crippen molar-refractivity contribution in [2.24, 2.45) is 0 Å². The second-order valence-corrected chi connectivity index (χ2v) is 7.71. The Morgan fingerprint density at radius 1 is 1.00 bits per heavy atom. The molecule has 0 fully saturated rings. The molecule has 4 rings (SSSR count). The van der Waals surface area contributed by atoms with E-state index in [2.05, 4.69) is 41.4 Å². The lowest BCUT2D eigenvalue weighted by Crippen LogP contribution is -2.26. The van der Waals surface area contributed by atoms with Gasteiger partial charge < -0.3 is 15.2 Å². The van der Waals surface area contributed by atoms with E-state index < -0.39 is 12.1 Å². The average molecular weight is 446 g/mol. The summed E-state index contributed by atoms with van der Waals surface area (Å²) in [6.45, 7) is 0.589. The summed E-state index contributed by atoms with van der Waals surface area (Å²) in [5, 5.41) is 11.9. The standard InChI is InChI=1S/C26H20ClNO4/c27-24-15-18(25(29)30)13-12-17(24)7-5-6-14-28-26(31)32-16-23-21-10-3-1-8-19(21)20-9-2-4-11-22(20)23/h1-4,8-13,15,23H,6,14,16H2,(H,28,31)(H,29,30). The van der Waals surface area contributed by atoms with Crippen molar-refractivity contribution in [1.29, 1.82) is 0 Å². The molecule has 0 aliphatic heterocycles. The van der Waals surface area contributed by atoms with Crippen molar-refractivity contribution < 1.29 is 19.4 Å². The molecule has 5 nitrogen and oxygen atoms in total. The van der Waals surface area contributed by atoms with E-state index in [-0.39, 0.29) is 23.1 Å². The first kappa shape index (κ1) is 21.5. The van der Waals surface area contributed by atoms with Gasteiger partial charge in [-0.15, -0.1) is 0 Å². The summed E-state index contributed by atoms with van der Waals surface area (Å²) in [5.74, 6) is 4.78. The first-order valence-electron chi connectivity index (χ1n) is 10.1. The first-order chi connectivity index (χ1) is 15.5. The van der Waals surface area contributed by atoms with Gasteiger partial charge in [0.15, 0.2) is 0 Å². The summed E-state index contributed by atoms with van der Waals surface area (Å²) in [6.07, 6.45) is -0.0844. The fourth-order valence-electron chi connectivity index (χ4n) is 3.78. The third-order valence-corrected chi connectivity index (χ3v) is 5.61. The highest BCUT2D eigenvalue weighted by atomic mass is 35.5. The number of alkyl carbamates (subject to hydrolysis) is 1. The van der Waals surface area contributed by atoms with E-state index in [1.54, 1.807) is 6.07 Å². The van der Waals surface area contributed by atoms with Crippen molar-refractivity contribution in [2.45, 2.75) is 12.3 Å². The predicted molar refractivity (Wildman–Crippen MR) is 123 cm³/mol. The molecule has 0 aromatic heterocycles. The molecule has 0 heterocycles. The summed E-state index contributed by atoms with van der Waals surface area (Å²) in [4.78, 5) is 23.1. The lowest BCUT2D eigenvalue weighted by molar-refractivity contribution is 0.0696. The normalized spacial score (nSPS) is 11.7. The number of carbonyl (C=O) groups is 2. The smallest absolute Gasteiger partial charge is 0.407 e. The minimum atomic E-state index is -1.04. The van der Waals surface area contributed by atoms with Gasteiger partial charge in [0.05, 0.1) is 10.6 Å². The zero-order valence-corrected chi connectivity index (χ0v) is 17.9. The number of amides is 1. The van der Waals surface area contributed by atoms with E-state index in [1.807, 2.05) is 24.3 Å². The number of hydrogen-bond donors (Lipinski definition) is 2. The van der Waals surface area contributed by atoms with Crippen LogP contribution >= 0.6 is 11.6 Å². The SMILES string of the molecule is O=C(NCCC#Cc1ccc(C(=O)O)cc1Cl)OCC1c2ccccc2-c2ccccc21. The minimum absolute atomic E-state index is 0.0175. The summed E-state index contributed by atoms with van der Waals surface area (Å²) in [5.41, 5.74) is 5.34. The maximum absolute atomic E-state index is 12.2. The molecule has 3 aromatic carbocycles. The van der Waals surface area contributed by atoms with Crippen molar-refractivity contribution in [2.75, 3.05) is 13.2 Å². The lowest BCUT2D eigenvalue weighted by atomic mass is 9.98. The van der Waals surface area contributed by atoms with E-state index in [1.165, 1.54) is 23.3 Å². The number of rotatable bonds is 5. The molecule has 2 N–H and O–H groups in total. The number of carboxylic acids is 1. The van der Waals surface area contributed by atoms with Crippen LogP contribution in [0.15, 0.2) is 66.7 Å². The van der Waals surface area contributed by atoms with Gasteiger partial charge >= 0.3 is 12.1 Å². The van der Waals surface area contributed by atoms with Crippen LogP contribution in [0.5, 0.6) is 0 Å². The predicted octanol–water partition coefficient (Wildman–Crippen LogP) is 5.32. The molecule has 0 saturated carbocycles. The quantitative estimate of drug-likeness (QED) is 0.411. The first-order valence-corrected chi connectivity index (χ1v) is 10.5. The fraction of sp³-hybridized carbons (Fsp3) is 0.154. The highest BCUT2D eigenvalue weighted by molar-refractivity contribution is 6.32. The number of fused-ring (bicyclic) bond motifs is 3. The molecule has 0 atom stereocenters. The minimum Gasteiger partial charge on any atom is -0.478 e. The van der Waals surface area contributed by atoms with Crippen LogP contribution in [0.4, 0.5) is 4.79 Å². The highest BCUT2D eigenvalue weighted by Gasteiger charge is 2.28. The van der Waals surface area contributed by atoms with Crippen LogP contribution in [-0.2, 0) is 4.74 Å². The van der Waals surface area contributed by atoms with E-state index in [9.17, 15) is 9.59 Å². The van der Waals surface area contributed by atoms with Gasteiger partial charge in [-0.3, -0.25) is 0 Å². The van der Waals surface area contributed by atoms with Gasteiger partial charge in [-0.25, -0.2) is 9.59 Å².